The van der Waals surface area contributed by atoms with E-state index in [-0.39, 0.29) is 14.1 Å². The molecule has 0 aromatic heterocycles. The largest absolute Gasteiger partial charge is 0.453 e. The highest BCUT2D eigenvalue weighted by Gasteiger charge is 2.97. The summed E-state index contributed by atoms with van der Waals surface area (Å²) in [4.78, 5) is -0.896. The van der Waals surface area contributed by atoms with Crippen molar-refractivity contribution in [1.82, 2.24) is 4.90 Å². The Hall–Kier alpha value is -1.03. The molecule has 0 aliphatic carbocycles. The van der Waals surface area contributed by atoms with Crippen molar-refractivity contribution in [2.45, 2.75) is 42.1 Å². The molecule has 1 rings (SSSR count). The molecule has 1 unspecified atom stereocenters. The maximum absolute atomic E-state index is 14.4. The van der Waals surface area contributed by atoms with Gasteiger partial charge in [-0.2, -0.15) is 57.1 Å². The van der Waals surface area contributed by atoms with Crippen molar-refractivity contribution >= 4 is 0 Å². The van der Waals surface area contributed by atoms with E-state index in [0.717, 1.165) is 0 Å². The van der Waals surface area contributed by atoms with E-state index >= 15 is 0 Å². The molecule has 0 aromatic rings. The van der Waals surface area contributed by atoms with Crippen LogP contribution in [0.3, 0.4) is 0 Å². The molecular formula is C9H6F13NO2. The third kappa shape index (κ3) is 2.63. The molecule has 0 aromatic carbocycles. The molecule has 0 amide bonds. The van der Waals surface area contributed by atoms with Gasteiger partial charge in [0.1, 0.15) is 0 Å². The van der Waals surface area contributed by atoms with Gasteiger partial charge in [0.15, 0.2) is 0 Å². The van der Waals surface area contributed by atoms with E-state index in [4.69, 9.17) is 0 Å². The minimum absolute atomic E-state index is 0.00157. The van der Waals surface area contributed by atoms with Gasteiger partial charge in [0.25, 0.3) is 0 Å². The molecule has 0 saturated carbocycles. The van der Waals surface area contributed by atoms with Crippen molar-refractivity contribution < 1.29 is 66.5 Å². The Bertz CT molecular complexity index is 488. The first-order valence-corrected chi connectivity index (χ1v) is 5.64. The molecule has 1 heterocycles. The number of hydrogen-bond donors (Lipinski definition) is 0. The van der Waals surface area contributed by atoms with Gasteiger partial charge in [-0.25, -0.2) is 0 Å². The number of likely N-dealkylation sites (N-methyl/N-ethyl adjacent to an activating group) is 1. The standard InChI is InChI=1S/C9H6F13NO2/c1-23(2)9(22)3(5(10,11)12,6(13,14)15)24-4(25-9,7(16,17)18)8(19,20)21/h1-2H3. The van der Waals surface area contributed by atoms with Crippen molar-refractivity contribution in [3.05, 3.63) is 0 Å². The first kappa shape index (κ1) is 22.0. The van der Waals surface area contributed by atoms with Crippen LogP contribution in [0.15, 0.2) is 0 Å². The van der Waals surface area contributed by atoms with Gasteiger partial charge in [0.2, 0.25) is 0 Å². The van der Waals surface area contributed by atoms with E-state index in [2.05, 4.69) is 9.47 Å². The van der Waals surface area contributed by atoms with Gasteiger partial charge < -0.3 is 4.74 Å². The van der Waals surface area contributed by atoms with E-state index in [9.17, 15) is 57.1 Å². The fourth-order valence-corrected chi connectivity index (χ4v) is 1.99. The molecule has 1 aliphatic rings. The van der Waals surface area contributed by atoms with E-state index in [1.807, 2.05) is 0 Å². The fourth-order valence-electron chi connectivity index (χ4n) is 1.99. The number of hydrogen-bond acceptors (Lipinski definition) is 3. The van der Waals surface area contributed by atoms with Crippen LogP contribution < -0.4 is 0 Å². The summed E-state index contributed by atoms with van der Waals surface area (Å²) >= 11 is 0. The van der Waals surface area contributed by atoms with Gasteiger partial charge in [-0.3, -0.25) is 9.64 Å². The first-order chi connectivity index (χ1) is 10.6. The Morgan fingerprint density at radius 3 is 1.08 bits per heavy atom. The third-order valence-corrected chi connectivity index (χ3v) is 3.13. The highest BCUT2D eigenvalue weighted by molar-refractivity contribution is 5.14. The lowest BCUT2D eigenvalue weighted by molar-refractivity contribution is -0.473. The van der Waals surface area contributed by atoms with Crippen molar-refractivity contribution in [2.75, 3.05) is 14.1 Å². The van der Waals surface area contributed by atoms with Gasteiger partial charge in [0.05, 0.1) is 0 Å². The van der Waals surface area contributed by atoms with E-state index in [1.54, 1.807) is 0 Å². The summed E-state index contributed by atoms with van der Waals surface area (Å²) in [6.45, 7) is 0. The Kier molecular flexibility index (Phi) is 4.62. The van der Waals surface area contributed by atoms with E-state index in [0.29, 0.717) is 0 Å². The Morgan fingerprint density at radius 1 is 0.600 bits per heavy atom. The van der Waals surface area contributed by atoms with E-state index in [1.165, 1.54) is 0 Å². The second-order valence-corrected chi connectivity index (χ2v) is 4.95. The molecule has 1 aliphatic heterocycles. The predicted octanol–water partition coefficient (Wildman–Crippen LogP) is 3.90. The molecule has 1 saturated heterocycles. The summed E-state index contributed by atoms with van der Waals surface area (Å²) in [5.41, 5.74) is -6.61. The molecular weight excluding hydrogens is 401 g/mol. The summed E-state index contributed by atoms with van der Waals surface area (Å²) in [7, 11) is -0.00314. The fraction of sp³-hybridized carbons (Fsp3) is 1.00. The second-order valence-electron chi connectivity index (χ2n) is 4.95. The van der Waals surface area contributed by atoms with Crippen molar-refractivity contribution in [3.8, 4) is 0 Å². The zero-order valence-corrected chi connectivity index (χ0v) is 11.7. The normalized spacial score (nSPS) is 27.8. The minimum Gasteiger partial charge on any atom is -0.304 e. The van der Waals surface area contributed by atoms with E-state index < -0.39 is 47.0 Å². The predicted molar refractivity (Wildman–Crippen MR) is 49.4 cm³/mol. The quantitative estimate of drug-likeness (QED) is 0.486. The summed E-state index contributed by atoms with van der Waals surface area (Å²) in [6.07, 6.45) is -28.3. The van der Waals surface area contributed by atoms with Gasteiger partial charge in [0, 0.05) is 0 Å². The smallest absolute Gasteiger partial charge is 0.304 e. The molecule has 0 N–H and O–H groups in total. The molecule has 1 fully saturated rings. The van der Waals surface area contributed by atoms with Crippen LogP contribution in [0.1, 0.15) is 0 Å². The van der Waals surface area contributed by atoms with Crippen LogP contribution in [0.2, 0.25) is 0 Å². The molecule has 1 atom stereocenters. The Balaban J connectivity index is 3.97. The Morgan fingerprint density at radius 2 is 0.920 bits per heavy atom. The monoisotopic (exact) mass is 407 g/mol. The van der Waals surface area contributed by atoms with Crippen LogP contribution in [-0.2, 0) is 9.47 Å². The SMILES string of the molecule is CN(C)C1(F)OC(C(F)(F)F)(C(F)(F)F)OC1(C(F)(F)F)C(F)(F)F. The number of halogens is 13. The number of nitrogens with zero attached hydrogens (tertiary/aromatic N) is 1. The topological polar surface area (TPSA) is 21.7 Å². The lowest BCUT2D eigenvalue weighted by atomic mass is 9.97. The maximum atomic E-state index is 14.4. The molecule has 25 heavy (non-hydrogen) atoms. The molecule has 150 valence electrons. The maximum Gasteiger partial charge on any atom is 0.453 e. The van der Waals surface area contributed by atoms with Gasteiger partial charge in [-0.15, -0.1) is 0 Å². The zero-order valence-electron chi connectivity index (χ0n) is 11.7. The van der Waals surface area contributed by atoms with Gasteiger partial charge in [-0.1, -0.05) is 0 Å². The minimum atomic E-state index is -7.12. The number of rotatable bonds is 1. The zero-order chi connectivity index (χ0) is 20.5. The average molecular weight is 407 g/mol. The van der Waals surface area contributed by atoms with Crippen LogP contribution >= 0.6 is 0 Å². The van der Waals surface area contributed by atoms with Crippen LogP contribution in [0.5, 0.6) is 0 Å². The molecule has 0 spiro atoms. The van der Waals surface area contributed by atoms with Gasteiger partial charge >= 0.3 is 42.1 Å². The van der Waals surface area contributed by atoms with Crippen molar-refractivity contribution in [3.63, 3.8) is 0 Å². The Labute approximate surface area is 129 Å². The summed E-state index contributed by atoms with van der Waals surface area (Å²) in [6, 6.07) is 0. The second kappa shape index (κ2) is 5.25. The van der Waals surface area contributed by atoms with Crippen LogP contribution in [0.4, 0.5) is 57.1 Å². The third-order valence-electron chi connectivity index (χ3n) is 3.13. The lowest BCUT2D eigenvalue weighted by Gasteiger charge is -2.41. The molecule has 3 nitrogen and oxygen atoms in total. The number of alkyl halides is 13. The van der Waals surface area contributed by atoms with Crippen LogP contribution in [0.25, 0.3) is 0 Å². The van der Waals surface area contributed by atoms with Crippen LogP contribution in [0, 0.1) is 0 Å². The molecule has 0 bridgehead atoms. The van der Waals surface area contributed by atoms with Crippen LogP contribution in [-0.4, -0.2) is 61.1 Å². The highest BCUT2D eigenvalue weighted by Crippen LogP contribution is 2.66. The molecule has 16 heteroatoms. The lowest BCUT2D eigenvalue weighted by Crippen LogP contribution is -2.72. The summed E-state index contributed by atoms with van der Waals surface area (Å²) < 4.78 is 174. The highest BCUT2D eigenvalue weighted by atomic mass is 19.4. The van der Waals surface area contributed by atoms with Crippen molar-refractivity contribution in [2.24, 2.45) is 0 Å². The molecule has 0 radical (unpaired) electrons. The summed E-state index contributed by atoms with van der Waals surface area (Å²) in [5.74, 6) is -12.3. The summed E-state index contributed by atoms with van der Waals surface area (Å²) in [5, 5.41) is 0. The first-order valence-electron chi connectivity index (χ1n) is 5.64. The number of ether oxygens (including phenoxy) is 2. The average Bonchev–Trinajstić information content (AvgIpc) is 2.59. The van der Waals surface area contributed by atoms with Gasteiger partial charge in [-0.05, 0) is 14.1 Å². The van der Waals surface area contributed by atoms with Crippen molar-refractivity contribution in [1.29, 1.82) is 0 Å².